The zero-order chi connectivity index (χ0) is 24.6. The van der Waals surface area contributed by atoms with Gasteiger partial charge in [-0.05, 0) is 37.3 Å². The van der Waals surface area contributed by atoms with Gasteiger partial charge in [0.05, 0.1) is 24.0 Å². The van der Waals surface area contributed by atoms with Gasteiger partial charge >= 0.3 is 5.69 Å². The lowest BCUT2D eigenvalue weighted by Gasteiger charge is -2.35. The zero-order valence-corrected chi connectivity index (χ0v) is 18.7. The second-order valence-electron chi connectivity index (χ2n) is 8.20. The predicted octanol–water partition coefficient (Wildman–Crippen LogP) is 1.97. The van der Waals surface area contributed by atoms with Crippen LogP contribution in [0, 0.1) is 11.6 Å². The fourth-order valence-corrected chi connectivity index (χ4v) is 4.18. The van der Waals surface area contributed by atoms with Crippen molar-refractivity contribution >= 4 is 12.0 Å². The topological polar surface area (TPSA) is 106 Å². The molecule has 12 heteroatoms. The first-order valence-corrected chi connectivity index (χ1v) is 10.8. The number of hydrogen-bond donors (Lipinski definition) is 2. The minimum absolute atomic E-state index is 0.161. The van der Waals surface area contributed by atoms with Gasteiger partial charge in [0, 0.05) is 24.0 Å². The predicted molar refractivity (Wildman–Crippen MR) is 124 cm³/mol. The smallest absolute Gasteiger partial charge is 0.333 e. The molecule has 0 saturated carbocycles. The number of aliphatic imine (C=N–C) groups is 1. The molecule has 1 aliphatic rings. The maximum Gasteiger partial charge on any atom is 0.333 e. The van der Waals surface area contributed by atoms with Gasteiger partial charge in [0.2, 0.25) is 0 Å². The number of imidazole rings is 1. The van der Waals surface area contributed by atoms with Gasteiger partial charge in [-0.2, -0.15) is 5.10 Å². The summed E-state index contributed by atoms with van der Waals surface area (Å²) in [7, 11) is 0. The summed E-state index contributed by atoms with van der Waals surface area (Å²) < 4.78 is 32.5. The van der Waals surface area contributed by atoms with Gasteiger partial charge in [0.15, 0.2) is 0 Å². The van der Waals surface area contributed by atoms with Gasteiger partial charge < -0.3 is 5.11 Å². The standard InChI is InChI=1S/C23H22F2N8O2/c1-16(23(35,11-30-14-26-12-28-30)20-7-2-17(24)10-21(20)25)31-8-9-32(22(31)34)18-3-5-19(6-4-18)33-15-27-13-29-33/h2-10,12-14,16,35H,11,15H2,1H3,(H,27,29)/t16-,23-/m1/s1. The van der Waals surface area contributed by atoms with Crippen molar-refractivity contribution in [2.24, 2.45) is 4.99 Å². The maximum atomic E-state index is 14.8. The van der Waals surface area contributed by atoms with E-state index in [1.807, 2.05) is 17.1 Å². The van der Waals surface area contributed by atoms with Gasteiger partial charge in [0.1, 0.15) is 42.9 Å². The van der Waals surface area contributed by atoms with Crippen LogP contribution < -0.4 is 16.1 Å². The van der Waals surface area contributed by atoms with E-state index >= 15 is 0 Å². The number of hydrazine groups is 1. The molecule has 35 heavy (non-hydrogen) atoms. The Kier molecular flexibility index (Phi) is 5.65. The highest BCUT2D eigenvalue weighted by Gasteiger charge is 2.41. The van der Waals surface area contributed by atoms with Crippen LogP contribution in [0.4, 0.5) is 14.5 Å². The van der Waals surface area contributed by atoms with E-state index in [1.54, 1.807) is 31.6 Å². The fourth-order valence-electron chi connectivity index (χ4n) is 4.18. The molecular formula is C23H22F2N8O2. The molecule has 0 radical (unpaired) electrons. The van der Waals surface area contributed by atoms with Crippen LogP contribution in [0.25, 0.3) is 5.69 Å². The van der Waals surface area contributed by atoms with Crippen LogP contribution in [-0.4, -0.2) is 42.0 Å². The van der Waals surface area contributed by atoms with Gasteiger partial charge in [-0.3, -0.25) is 24.6 Å². The number of nitrogens with one attached hydrogen (secondary N) is 1. The van der Waals surface area contributed by atoms with Crippen molar-refractivity contribution in [3.63, 3.8) is 0 Å². The number of halogens is 2. The Morgan fingerprint density at radius 2 is 1.91 bits per heavy atom. The molecule has 0 aliphatic carbocycles. The van der Waals surface area contributed by atoms with Gasteiger partial charge in [-0.25, -0.2) is 23.2 Å². The maximum absolute atomic E-state index is 14.8. The van der Waals surface area contributed by atoms with Gasteiger partial charge in [-0.1, -0.05) is 6.07 Å². The third-order valence-corrected chi connectivity index (χ3v) is 6.15. The largest absolute Gasteiger partial charge is 0.381 e. The lowest BCUT2D eigenvalue weighted by Crippen LogP contribution is -2.43. The molecule has 180 valence electrons. The van der Waals surface area contributed by atoms with Crippen LogP contribution in [0.2, 0.25) is 0 Å². The molecule has 2 aromatic heterocycles. The number of nitrogens with zero attached hydrogens (tertiary/aromatic N) is 7. The quantitative estimate of drug-likeness (QED) is 0.419. The first-order valence-electron chi connectivity index (χ1n) is 10.8. The SMILES string of the molecule is C[C@@H](n1ccn(-c2ccc(N3CN=CN3)cc2)c1=O)[C@](O)(Cn1cncn1)c1ccc(F)cc1F. The molecule has 10 nitrogen and oxygen atoms in total. The Hall–Kier alpha value is -4.32. The molecule has 0 fully saturated rings. The van der Waals surface area contributed by atoms with E-state index < -0.39 is 29.0 Å². The molecule has 0 unspecified atom stereocenters. The number of rotatable bonds is 7. The summed E-state index contributed by atoms with van der Waals surface area (Å²) in [5.74, 6) is -1.70. The summed E-state index contributed by atoms with van der Waals surface area (Å²) in [6.45, 7) is 1.86. The number of anilines is 1. The monoisotopic (exact) mass is 480 g/mol. The van der Waals surface area contributed by atoms with E-state index in [1.165, 1.54) is 38.7 Å². The van der Waals surface area contributed by atoms with Crippen molar-refractivity contribution in [2.75, 3.05) is 11.7 Å². The lowest BCUT2D eigenvalue weighted by atomic mass is 9.86. The number of hydrogen-bond acceptors (Lipinski definition) is 7. The minimum Gasteiger partial charge on any atom is -0.381 e. The van der Waals surface area contributed by atoms with Crippen LogP contribution in [-0.2, 0) is 12.1 Å². The average Bonchev–Trinajstić information content (AvgIpc) is 3.61. The summed E-state index contributed by atoms with van der Waals surface area (Å²) >= 11 is 0. The number of aliphatic hydroxyl groups is 1. The van der Waals surface area contributed by atoms with E-state index in [0.29, 0.717) is 18.4 Å². The normalized spacial score (nSPS) is 15.7. The second kappa shape index (κ2) is 8.80. The van der Waals surface area contributed by atoms with E-state index in [9.17, 15) is 18.7 Å². The molecule has 0 spiro atoms. The van der Waals surface area contributed by atoms with Gasteiger partial charge in [-0.15, -0.1) is 0 Å². The van der Waals surface area contributed by atoms with E-state index in [0.717, 1.165) is 11.8 Å². The van der Waals surface area contributed by atoms with E-state index in [4.69, 9.17) is 0 Å². The Morgan fingerprint density at radius 1 is 1.14 bits per heavy atom. The Morgan fingerprint density at radius 3 is 2.57 bits per heavy atom. The second-order valence-corrected chi connectivity index (χ2v) is 8.20. The highest BCUT2D eigenvalue weighted by atomic mass is 19.1. The molecule has 3 heterocycles. The van der Waals surface area contributed by atoms with E-state index in [2.05, 4.69) is 20.5 Å². The third kappa shape index (κ3) is 4.08. The molecule has 0 amide bonds. The molecule has 0 saturated heterocycles. The van der Waals surface area contributed by atoms with Crippen LogP contribution in [0.1, 0.15) is 18.5 Å². The summed E-state index contributed by atoms with van der Waals surface area (Å²) in [5, 5.41) is 17.6. The van der Waals surface area contributed by atoms with Crippen molar-refractivity contribution in [3.05, 3.63) is 95.2 Å². The fraction of sp³-hybridized carbons (Fsp3) is 0.217. The van der Waals surface area contributed by atoms with Crippen LogP contribution >= 0.6 is 0 Å². The lowest BCUT2D eigenvalue weighted by molar-refractivity contribution is -0.0342. The number of aromatic nitrogens is 5. The van der Waals surface area contributed by atoms with Crippen LogP contribution in [0.5, 0.6) is 0 Å². The molecule has 4 aromatic rings. The van der Waals surface area contributed by atoms with E-state index in [-0.39, 0.29) is 12.1 Å². The van der Waals surface area contributed by atoms with Crippen molar-refractivity contribution < 1.29 is 13.9 Å². The highest BCUT2D eigenvalue weighted by Crippen LogP contribution is 2.36. The summed E-state index contributed by atoms with van der Waals surface area (Å²) in [5.41, 5.74) is 1.93. The average molecular weight is 480 g/mol. The molecular weight excluding hydrogens is 458 g/mol. The zero-order valence-electron chi connectivity index (χ0n) is 18.7. The van der Waals surface area contributed by atoms with Crippen molar-refractivity contribution in [1.29, 1.82) is 0 Å². The first kappa shape index (κ1) is 22.5. The third-order valence-electron chi connectivity index (χ3n) is 6.15. The number of benzene rings is 2. The van der Waals surface area contributed by atoms with Crippen LogP contribution in [0.15, 0.2) is 77.3 Å². The highest BCUT2D eigenvalue weighted by molar-refractivity contribution is 5.64. The first-order chi connectivity index (χ1) is 16.9. The van der Waals surface area contributed by atoms with Gasteiger partial charge in [0.25, 0.3) is 0 Å². The minimum atomic E-state index is -1.95. The Labute approximate surface area is 198 Å². The molecule has 5 rings (SSSR count). The molecule has 0 bridgehead atoms. The van der Waals surface area contributed by atoms with Crippen molar-refractivity contribution in [1.82, 2.24) is 29.3 Å². The molecule has 2 atom stereocenters. The Bertz CT molecular complexity index is 1410. The summed E-state index contributed by atoms with van der Waals surface area (Å²) in [6, 6.07) is 9.25. The molecule has 2 aromatic carbocycles. The van der Waals surface area contributed by atoms with Crippen LogP contribution in [0.3, 0.4) is 0 Å². The summed E-state index contributed by atoms with van der Waals surface area (Å²) in [6.07, 6.45) is 7.34. The van der Waals surface area contributed by atoms with Crippen molar-refractivity contribution in [3.8, 4) is 5.69 Å². The molecule has 1 aliphatic heterocycles. The summed E-state index contributed by atoms with van der Waals surface area (Å²) in [4.78, 5) is 21.3. The van der Waals surface area contributed by atoms with Crippen molar-refractivity contribution in [2.45, 2.75) is 25.1 Å². The Balaban J connectivity index is 1.51. The molecule has 2 N–H and O–H groups in total.